The molecule has 3 heteroatoms. The monoisotopic (exact) mass is 484 g/mol. The molecule has 0 saturated carbocycles. The van der Waals surface area contributed by atoms with Crippen LogP contribution in [0.1, 0.15) is 71.6 Å². The number of benzene rings is 3. The van der Waals surface area contributed by atoms with E-state index in [4.69, 9.17) is 5.73 Å². The summed E-state index contributed by atoms with van der Waals surface area (Å²) in [6.07, 6.45) is 1.93. The van der Waals surface area contributed by atoms with Gasteiger partial charge in [-0.1, -0.05) is 41.5 Å². The summed E-state index contributed by atoms with van der Waals surface area (Å²) in [6.45, 7) is 19.2. The maximum atomic E-state index is 5.84. The molecule has 0 radical (unpaired) electrons. The van der Waals surface area contributed by atoms with Crippen molar-refractivity contribution < 1.29 is 0 Å². The third-order valence-electron chi connectivity index (χ3n) is 4.97. The number of para-hydroxylation sites is 1. The number of nitrogens with two attached hydrogens (primary N) is 1. The van der Waals surface area contributed by atoms with Crippen molar-refractivity contribution in [2.45, 2.75) is 67.9 Å². The van der Waals surface area contributed by atoms with Crippen molar-refractivity contribution in [2.75, 3.05) is 10.6 Å². The van der Waals surface area contributed by atoms with Crippen LogP contribution in [0, 0.1) is 0 Å². The minimum atomic E-state index is 0.811. The van der Waals surface area contributed by atoms with Crippen molar-refractivity contribution in [3.8, 4) is 0 Å². The summed E-state index contributed by atoms with van der Waals surface area (Å²) in [5.74, 6) is 0. The van der Waals surface area contributed by atoms with Crippen molar-refractivity contribution >= 4 is 53.9 Å². The molecule has 0 aliphatic carbocycles. The van der Waals surface area contributed by atoms with Crippen molar-refractivity contribution in [2.24, 2.45) is 0 Å². The van der Waals surface area contributed by atoms with Crippen LogP contribution >= 0.6 is 0 Å². The van der Waals surface area contributed by atoms with Gasteiger partial charge in [-0.25, -0.2) is 0 Å². The van der Waals surface area contributed by atoms with E-state index in [9.17, 15) is 0 Å². The van der Waals surface area contributed by atoms with E-state index in [0.717, 1.165) is 60.3 Å². The second kappa shape index (κ2) is 19.4. The van der Waals surface area contributed by atoms with E-state index in [1.165, 1.54) is 29.7 Å². The summed E-state index contributed by atoms with van der Waals surface area (Å²) >= 11 is 1.12. The molecule has 34 heavy (non-hydrogen) atoms. The van der Waals surface area contributed by atoms with Crippen molar-refractivity contribution in [1.29, 1.82) is 0 Å². The molecule has 3 aromatic carbocycles. The van der Waals surface area contributed by atoms with Gasteiger partial charge in [-0.2, -0.15) is 0 Å². The van der Waals surface area contributed by atoms with Crippen molar-refractivity contribution in [1.82, 2.24) is 0 Å². The molecule has 180 valence electrons. The van der Waals surface area contributed by atoms with Crippen LogP contribution in [-0.4, -0.2) is 37.0 Å². The first-order chi connectivity index (χ1) is 16.6. The predicted octanol–water partition coefficient (Wildman–Crippen LogP) is 8.32. The number of hydrogen-bond acceptors (Lipinski definition) is 2. The summed E-state index contributed by atoms with van der Waals surface area (Å²) in [6, 6.07) is 27.7. The Morgan fingerprint density at radius 1 is 0.765 bits per heavy atom. The third kappa shape index (κ3) is 11.0. The van der Waals surface area contributed by atoms with E-state index in [0.29, 0.717) is 0 Å². The van der Waals surface area contributed by atoms with E-state index in [1.807, 2.05) is 53.7 Å². The molecule has 2 N–H and O–H groups in total. The molecule has 0 bridgehead atoms. The molecule has 0 amide bonds. The van der Waals surface area contributed by atoms with E-state index in [1.54, 1.807) is 0 Å². The van der Waals surface area contributed by atoms with Crippen molar-refractivity contribution in [3.63, 3.8) is 0 Å². The van der Waals surface area contributed by atoms with E-state index in [2.05, 4.69) is 85.1 Å². The average molecular weight is 485 g/mol. The maximum absolute atomic E-state index is 5.84. The number of nitrogens with zero attached hydrogens (tertiary/aromatic N) is 1. The summed E-state index contributed by atoms with van der Waals surface area (Å²) in [7, 11) is 0. The molecule has 3 rings (SSSR count). The molecule has 2 nitrogen and oxygen atoms in total. The zero-order valence-electron chi connectivity index (χ0n) is 22.6. The largest absolute Gasteiger partial charge is 0.0683 e. The number of nitrogen functional groups attached to an aromatic ring is 1. The molecular weight excluding hydrogens is 440 g/mol. The van der Waals surface area contributed by atoms with Crippen LogP contribution in [0.3, 0.4) is 0 Å². The minimum Gasteiger partial charge on any atom is -0.0683 e. The van der Waals surface area contributed by atoms with Crippen LogP contribution < -0.4 is 10.6 Å². The van der Waals surface area contributed by atoms with Gasteiger partial charge in [-0.15, -0.1) is 0 Å². The molecule has 0 aliphatic rings. The summed E-state index contributed by atoms with van der Waals surface area (Å²) in [5, 5.41) is 0. The Bertz CT molecular complexity index is 929. The van der Waals surface area contributed by atoms with Crippen LogP contribution in [0.25, 0.3) is 5.57 Å². The molecule has 0 atom stereocenters. The van der Waals surface area contributed by atoms with Crippen LogP contribution in [0.2, 0.25) is 0 Å². The first-order valence-corrected chi connectivity index (χ1v) is 13.8. The molecule has 0 spiro atoms. The molecule has 0 saturated heterocycles. The van der Waals surface area contributed by atoms with Gasteiger partial charge in [-0.3, -0.25) is 0 Å². The Balaban J connectivity index is 0.00000168. The van der Waals surface area contributed by atoms with Gasteiger partial charge >= 0.3 is 193 Å². The Hall–Kier alpha value is -1.87. The summed E-state index contributed by atoms with van der Waals surface area (Å²) < 4.78 is 1.43. The Kier molecular flexibility index (Phi) is 18.4. The summed E-state index contributed by atoms with van der Waals surface area (Å²) in [5.41, 5.74) is 12.9. The SMILES string of the molecule is C=C(CC)c1ccc(CN([C](=[Ca])Cc2ccc(N)cc2)c2ccccc2)cc1.CC.CC.CC. The van der Waals surface area contributed by atoms with Crippen LogP contribution in [0.15, 0.2) is 85.4 Å². The zero-order valence-corrected chi connectivity index (χ0v) is 24.8. The fraction of sp³-hybridized carbons (Fsp3) is 0.323. The van der Waals surface area contributed by atoms with Gasteiger partial charge in [0, 0.05) is 0 Å². The quantitative estimate of drug-likeness (QED) is 0.257. The molecule has 3 aromatic rings. The Morgan fingerprint density at radius 2 is 1.26 bits per heavy atom. The number of rotatable bonds is 8. The fourth-order valence-corrected chi connectivity index (χ4v) is 4.10. The van der Waals surface area contributed by atoms with E-state index in [-0.39, 0.29) is 0 Å². The van der Waals surface area contributed by atoms with Crippen LogP contribution in [-0.2, 0) is 13.0 Å². The number of anilines is 2. The second-order valence-corrected chi connectivity index (χ2v) is 8.33. The molecular formula is C31H44CaN2. The standard InChI is InChI=1S/C25H26N2.3C2H6.Ca/c1-3-20(2)23-13-9-22(10-14-23)19-27(25-7-5-4-6-8-25)18-17-21-11-15-24(26)16-12-21;3*1-2;/h4-16H,2-3,17,19,26H2,1H3;3*1-2H3;. The van der Waals surface area contributed by atoms with Crippen molar-refractivity contribution in [3.05, 3.63) is 102 Å². The Morgan fingerprint density at radius 3 is 1.76 bits per heavy atom. The minimum absolute atomic E-state index is 0.811. The van der Waals surface area contributed by atoms with Crippen LogP contribution in [0.5, 0.6) is 0 Å². The van der Waals surface area contributed by atoms with Gasteiger partial charge in [0.15, 0.2) is 0 Å². The molecule has 0 aliphatic heterocycles. The maximum Gasteiger partial charge on any atom is -0.0683 e. The van der Waals surface area contributed by atoms with Crippen LogP contribution in [0.4, 0.5) is 11.4 Å². The summed E-state index contributed by atoms with van der Waals surface area (Å²) in [4.78, 5) is 2.44. The van der Waals surface area contributed by atoms with Gasteiger partial charge in [0.2, 0.25) is 0 Å². The second-order valence-electron chi connectivity index (χ2n) is 7.06. The molecule has 0 heterocycles. The predicted molar refractivity (Wildman–Crippen MR) is 158 cm³/mol. The van der Waals surface area contributed by atoms with Gasteiger partial charge in [-0.05, 0) is 0 Å². The molecule has 0 unspecified atom stereocenters. The smallest absolute Gasteiger partial charge is 0.0683 e. The third-order valence-corrected chi connectivity index (χ3v) is 5.95. The van der Waals surface area contributed by atoms with Gasteiger partial charge in [0.05, 0.1) is 0 Å². The van der Waals surface area contributed by atoms with Gasteiger partial charge in [0.25, 0.3) is 0 Å². The van der Waals surface area contributed by atoms with Gasteiger partial charge in [0.1, 0.15) is 0 Å². The number of hydrogen-bond donors (Lipinski definition) is 1. The zero-order chi connectivity index (χ0) is 25.9. The van der Waals surface area contributed by atoms with E-state index >= 15 is 0 Å². The average Bonchev–Trinajstić information content (AvgIpc) is 2.92. The first kappa shape index (κ1) is 32.1. The van der Waals surface area contributed by atoms with Gasteiger partial charge < -0.3 is 0 Å². The molecule has 0 fully saturated rings. The molecule has 0 aromatic heterocycles. The Labute approximate surface area is 233 Å². The van der Waals surface area contributed by atoms with E-state index < -0.39 is 0 Å². The fourth-order valence-electron chi connectivity index (χ4n) is 3.19. The topological polar surface area (TPSA) is 29.3 Å². The number of allylic oxidation sites excluding steroid dienone is 1. The normalized spacial score (nSPS) is 9.21. The first-order valence-electron chi connectivity index (χ1n) is 12.7.